The summed E-state index contributed by atoms with van der Waals surface area (Å²) in [5, 5.41) is 0.719. The Kier molecular flexibility index (Phi) is 2.97. The van der Waals surface area contributed by atoms with Gasteiger partial charge in [0.1, 0.15) is 5.82 Å². The highest BCUT2D eigenvalue weighted by molar-refractivity contribution is 7.98. The van der Waals surface area contributed by atoms with Gasteiger partial charge in [0.2, 0.25) is 0 Å². The molecule has 1 aromatic heterocycles. The van der Waals surface area contributed by atoms with Gasteiger partial charge in [-0.15, -0.1) is 0 Å². The third kappa shape index (κ3) is 2.33. The smallest absolute Gasteiger partial charge is 0.187 e. The van der Waals surface area contributed by atoms with Crippen LogP contribution in [-0.2, 0) is 0 Å². The van der Waals surface area contributed by atoms with Gasteiger partial charge < -0.3 is 0 Å². The normalized spacial score (nSPS) is 10.3. The summed E-state index contributed by atoms with van der Waals surface area (Å²) >= 11 is 1.48. The highest BCUT2D eigenvalue weighted by atomic mass is 32.2. The minimum Gasteiger partial charge on any atom is -0.231 e. The van der Waals surface area contributed by atoms with E-state index in [9.17, 15) is 4.39 Å². The van der Waals surface area contributed by atoms with Crippen molar-refractivity contribution in [3.63, 3.8) is 0 Å². The fourth-order valence-corrected chi connectivity index (χ4v) is 1.58. The Hall–Kier alpha value is -1.42. The van der Waals surface area contributed by atoms with Crippen LogP contribution in [0, 0.1) is 5.82 Å². The quantitative estimate of drug-likeness (QED) is 0.574. The van der Waals surface area contributed by atoms with Gasteiger partial charge in [-0.25, -0.2) is 14.4 Å². The maximum Gasteiger partial charge on any atom is 0.187 e. The van der Waals surface area contributed by atoms with Crippen LogP contribution in [0.3, 0.4) is 0 Å². The second-order valence-corrected chi connectivity index (χ2v) is 3.71. The van der Waals surface area contributed by atoms with E-state index < -0.39 is 0 Å². The number of rotatable bonds is 2. The van der Waals surface area contributed by atoms with Gasteiger partial charge in [0, 0.05) is 11.8 Å². The summed E-state index contributed by atoms with van der Waals surface area (Å²) < 4.78 is 12.7. The van der Waals surface area contributed by atoms with E-state index in [2.05, 4.69) is 9.97 Å². The molecule has 2 aromatic rings. The molecule has 2 nitrogen and oxygen atoms in total. The molecule has 2 rings (SSSR count). The fourth-order valence-electron chi connectivity index (χ4n) is 1.22. The van der Waals surface area contributed by atoms with Gasteiger partial charge >= 0.3 is 0 Å². The molecule has 0 saturated carbocycles. The number of nitrogens with zero attached hydrogens (tertiary/aromatic N) is 2. The number of thioether (sulfide) groups is 1. The minimum atomic E-state index is -0.238. The third-order valence-corrected chi connectivity index (χ3v) is 2.52. The largest absolute Gasteiger partial charge is 0.231 e. The van der Waals surface area contributed by atoms with Crippen LogP contribution in [0.2, 0.25) is 0 Å². The summed E-state index contributed by atoms with van der Waals surface area (Å²) in [6, 6.07) is 8.09. The first-order valence-electron chi connectivity index (χ1n) is 4.42. The second kappa shape index (κ2) is 4.40. The van der Waals surface area contributed by atoms with Crippen LogP contribution in [0.25, 0.3) is 11.3 Å². The van der Waals surface area contributed by atoms with Crippen molar-refractivity contribution in [2.24, 2.45) is 0 Å². The van der Waals surface area contributed by atoms with E-state index in [1.54, 1.807) is 18.3 Å². The predicted molar refractivity (Wildman–Crippen MR) is 59.2 cm³/mol. The predicted octanol–water partition coefficient (Wildman–Crippen LogP) is 3.00. The van der Waals surface area contributed by atoms with Crippen molar-refractivity contribution >= 4 is 11.8 Å². The Morgan fingerprint density at radius 1 is 1.13 bits per heavy atom. The molecule has 0 amide bonds. The van der Waals surface area contributed by atoms with Crippen molar-refractivity contribution in [2.45, 2.75) is 5.16 Å². The van der Waals surface area contributed by atoms with E-state index in [0.29, 0.717) is 0 Å². The van der Waals surface area contributed by atoms with Crippen molar-refractivity contribution in [1.29, 1.82) is 0 Å². The van der Waals surface area contributed by atoms with Crippen LogP contribution < -0.4 is 0 Å². The van der Waals surface area contributed by atoms with Gasteiger partial charge in [-0.3, -0.25) is 0 Å². The lowest BCUT2D eigenvalue weighted by atomic mass is 10.1. The van der Waals surface area contributed by atoms with Gasteiger partial charge in [0.15, 0.2) is 5.16 Å². The standard InChI is InChI=1S/C11H9FN2S/c1-15-11-13-7-6-10(14-11)8-2-4-9(12)5-3-8/h2-7H,1H3. The number of benzene rings is 1. The molecular weight excluding hydrogens is 211 g/mol. The summed E-state index contributed by atoms with van der Waals surface area (Å²) in [6.07, 6.45) is 3.63. The van der Waals surface area contributed by atoms with Crippen LogP contribution in [0.15, 0.2) is 41.7 Å². The zero-order valence-corrected chi connectivity index (χ0v) is 8.96. The van der Waals surface area contributed by atoms with Crippen LogP contribution in [0.4, 0.5) is 4.39 Å². The molecule has 0 atom stereocenters. The number of hydrogen-bond donors (Lipinski definition) is 0. The van der Waals surface area contributed by atoms with E-state index in [1.807, 2.05) is 12.3 Å². The highest BCUT2D eigenvalue weighted by Gasteiger charge is 2.01. The first kappa shape index (κ1) is 10.1. The molecule has 0 aliphatic rings. The van der Waals surface area contributed by atoms with Gasteiger partial charge in [-0.05, 0) is 36.6 Å². The van der Waals surface area contributed by atoms with Gasteiger partial charge in [-0.1, -0.05) is 11.8 Å². The Morgan fingerprint density at radius 3 is 2.53 bits per heavy atom. The highest BCUT2D eigenvalue weighted by Crippen LogP contribution is 2.18. The molecule has 0 unspecified atom stereocenters. The lowest BCUT2D eigenvalue weighted by molar-refractivity contribution is 0.628. The minimum absolute atomic E-state index is 0.238. The number of halogens is 1. The molecule has 0 aliphatic heterocycles. The van der Waals surface area contributed by atoms with E-state index in [4.69, 9.17) is 0 Å². The summed E-state index contributed by atoms with van der Waals surface area (Å²) in [5.41, 5.74) is 1.71. The van der Waals surface area contributed by atoms with Crippen molar-refractivity contribution in [2.75, 3.05) is 6.26 Å². The van der Waals surface area contributed by atoms with E-state index in [0.717, 1.165) is 16.4 Å². The first-order valence-corrected chi connectivity index (χ1v) is 5.65. The monoisotopic (exact) mass is 220 g/mol. The fraction of sp³-hybridized carbons (Fsp3) is 0.0909. The third-order valence-electron chi connectivity index (χ3n) is 1.96. The Balaban J connectivity index is 2.40. The van der Waals surface area contributed by atoms with E-state index in [1.165, 1.54) is 23.9 Å². The van der Waals surface area contributed by atoms with Crippen LogP contribution in [0.1, 0.15) is 0 Å². The van der Waals surface area contributed by atoms with Crippen molar-refractivity contribution < 1.29 is 4.39 Å². The Labute approximate surface area is 91.6 Å². The van der Waals surface area contributed by atoms with Crippen LogP contribution in [0.5, 0.6) is 0 Å². The number of aromatic nitrogens is 2. The summed E-state index contributed by atoms with van der Waals surface area (Å²) in [5.74, 6) is -0.238. The van der Waals surface area contributed by atoms with Crippen molar-refractivity contribution in [3.8, 4) is 11.3 Å². The molecule has 0 bridgehead atoms. The summed E-state index contributed by atoms with van der Waals surface area (Å²) in [4.78, 5) is 8.40. The molecule has 0 radical (unpaired) electrons. The SMILES string of the molecule is CSc1nccc(-c2ccc(F)cc2)n1. The van der Waals surface area contributed by atoms with Crippen LogP contribution in [-0.4, -0.2) is 16.2 Å². The zero-order valence-electron chi connectivity index (χ0n) is 8.14. The van der Waals surface area contributed by atoms with Crippen LogP contribution >= 0.6 is 11.8 Å². The molecule has 0 N–H and O–H groups in total. The summed E-state index contributed by atoms with van der Waals surface area (Å²) in [6.45, 7) is 0. The Bertz CT molecular complexity index is 456. The molecule has 76 valence electrons. The topological polar surface area (TPSA) is 25.8 Å². The molecule has 0 spiro atoms. The molecular formula is C11H9FN2S. The average Bonchev–Trinajstić information content (AvgIpc) is 2.30. The molecule has 1 heterocycles. The van der Waals surface area contributed by atoms with Gasteiger partial charge in [0.25, 0.3) is 0 Å². The van der Waals surface area contributed by atoms with E-state index in [-0.39, 0.29) is 5.82 Å². The lowest BCUT2D eigenvalue weighted by Gasteiger charge is -2.01. The first-order chi connectivity index (χ1) is 7.29. The molecule has 0 aliphatic carbocycles. The second-order valence-electron chi connectivity index (χ2n) is 2.94. The number of hydrogen-bond acceptors (Lipinski definition) is 3. The maximum absolute atomic E-state index is 12.7. The van der Waals surface area contributed by atoms with Gasteiger partial charge in [-0.2, -0.15) is 0 Å². The molecule has 1 aromatic carbocycles. The molecule has 0 saturated heterocycles. The lowest BCUT2D eigenvalue weighted by Crippen LogP contribution is -1.88. The van der Waals surface area contributed by atoms with E-state index >= 15 is 0 Å². The van der Waals surface area contributed by atoms with Gasteiger partial charge in [0.05, 0.1) is 5.69 Å². The van der Waals surface area contributed by atoms with Crippen molar-refractivity contribution in [3.05, 3.63) is 42.3 Å². The maximum atomic E-state index is 12.7. The summed E-state index contributed by atoms with van der Waals surface area (Å²) in [7, 11) is 0. The Morgan fingerprint density at radius 2 is 1.87 bits per heavy atom. The molecule has 4 heteroatoms. The average molecular weight is 220 g/mol. The zero-order chi connectivity index (χ0) is 10.7. The molecule has 15 heavy (non-hydrogen) atoms. The molecule has 0 fully saturated rings. The van der Waals surface area contributed by atoms with Crippen molar-refractivity contribution in [1.82, 2.24) is 9.97 Å².